The third kappa shape index (κ3) is 8.03. The lowest BCUT2D eigenvalue weighted by Gasteiger charge is -2.36. The Morgan fingerprint density at radius 3 is 2.31 bits per heavy atom. The summed E-state index contributed by atoms with van der Waals surface area (Å²) in [7, 11) is 0. The number of carbonyl (C=O) groups excluding carboxylic acids is 2. The molecule has 0 bridgehead atoms. The van der Waals surface area contributed by atoms with Crippen molar-refractivity contribution in [2.45, 2.75) is 70.2 Å². The highest BCUT2D eigenvalue weighted by Gasteiger charge is 2.27. The largest absolute Gasteiger partial charge is 0.508 e. The van der Waals surface area contributed by atoms with Crippen molar-refractivity contribution >= 4 is 22.8 Å². The zero-order valence-corrected chi connectivity index (χ0v) is 28.7. The second-order valence-corrected chi connectivity index (χ2v) is 13.7. The molecule has 1 saturated carbocycles. The van der Waals surface area contributed by atoms with Gasteiger partial charge < -0.3 is 30.8 Å². The Balaban J connectivity index is 0.989. The number of imidazole rings is 1. The number of nitrogens with zero attached hydrogens (tertiary/aromatic N) is 3. The molecule has 5 aromatic rings. The molecule has 1 aliphatic carbocycles. The number of halogens is 1. The third-order valence-corrected chi connectivity index (χ3v) is 9.64. The van der Waals surface area contributed by atoms with Crippen LogP contribution in [0.5, 0.6) is 17.4 Å². The number of carbonyl (C=O) groups is 2. The van der Waals surface area contributed by atoms with Crippen LogP contribution in [0.2, 0.25) is 0 Å². The van der Waals surface area contributed by atoms with E-state index in [1.807, 2.05) is 42.5 Å². The van der Waals surface area contributed by atoms with Gasteiger partial charge in [0.05, 0.1) is 23.6 Å². The lowest BCUT2D eigenvalue weighted by Crippen LogP contribution is -2.53. The van der Waals surface area contributed by atoms with Gasteiger partial charge in [-0.25, -0.2) is 14.4 Å². The molecule has 3 heterocycles. The van der Waals surface area contributed by atoms with Crippen molar-refractivity contribution < 1.29 is 23.8 Å². The molecule has 2 aromatic heterocycles. The van der Waals surface area contributed by atoms with E-state index in [-0.39, 0.29) is 35.2 Å². The van der Waals surface area contributed by atoms with Crippen LogP contribution in [0.1, 0.15) is 65.8 Å². The first kappa shape index (κ1) is 34.1. The second-order valence-electron chi connectivity index (χ2n) is 13.7. The summed E-state index contributed by atoms with van der Waals surface area (Å²) in [6, 6.07) is 20.0. The fourth-order valence-corrected chi connectivity index (χ4v) is 7.28. The Morgan fingerprint density at radius 2 is 1.57 bits per heavy atom. The average molecular weight is 692 g/mol. The van der Waals surface area contributed by atoms with Gasteiger partial charge in [-0.05, 0) is 93.1 Å². The number of amides is 2. The predicted octanol–water partition coefficient (Wildman–Crippen LogP) is 5.92. The quantitative estimate of drug-likeness (QED) is 0.128. The maximum atomic E-state index is 14.4. The lowest BCUT2D eigenvalue weighted by atomic mass is 9.90. The van der Waals surface area contributed by atoms with Crippen molar-refractivity contribution in [3.05, 3.63) is 102 Å². The summed E-state index contributed by atoms with van der Waals surface area (Å²) in [5.74, 6) is -0.635. The number of aromatic amines is 1. The molecular weight excluding hydrogens is 649 g/mol. The molecule has 5 N–H and O–H groups in total. The highest BCUT2D eigenvalue weighted by atomic mass is 19.1. The molecule has 3 aromatic carbocycles. The Hall–Kier alpha value is -5.33. The maximum absolute atomic E-state index is 14.4. The van der Waals surface area contributed by atoms with Gasteiger partial charge in [0.15, 0.2) is 0 Å². The molecule has 2 aliphatic rings. The van der Waals surface area contributed by atoms with Crippen molar-refractivity contribution in [3.8, 4) is 28.5 Å². The van der Waals surface area contributed by atoms with Crippen molar-refractivity contribution in [1.82, 2.24) is 35.8 Å². The number of nitrogens with one attached hydrogen (secondary N) is 4. The molecule has 2 atom stereocenters. The molecule has 0 spiro atoms. The molecule has 12 heteroatoms. The number of aromatic nitrogens is 3. The topological polar surface area (TPSA) is 144 Å². The number of fused-ring (bicyclic) bond motifs is 1. The molecule has 7 rings (SSSR count). The van der Waals surface area contributed by atoms with E-state index in [4.69, 9.17) is 4.74 Å². The summed E-state index contributed by atoms with van der Waals surface area (Å²) in [6.45, 7) is 6.73. The van der Waals surface area contributed by atoms with Gasteiger partial charge >= 0.3 is 0 Å². The van der Waals surface area contributed by atoms with Crippen LogP contribution >= 0.6 is 0 Å². The number of H-pyrrole nitrogens is 1. The van der Waals surface area contributed by atoms with E-state index in [0.29, 0.717) is 61.1 Å². The van der Waals surface area contributed by atoms with Gasteiger partial charge in [0, 0.05) is 49.4 Å². The number of rotatable bonds is 9. The van der Waals surface area contributed by atoms with Crippen LogP contribution in [0.4, 0.5) is 4.39 Å². The van der Waals surface area contributed by atoms with Crippen LogP contribution in [0.15, 0.2) is 79.3 Å². The predicted molar refractivity (Wildman–Crippen MR) is 192 cm³/mol. The van der Waals surface area contributed by atoms with Crippen molar-refractivity contribution in [2.75, 3.05) is 13.1 Å². The van der Waals surface area contributed by atoms with E-state index in [1.54, 1.807) is 24.5 Å². The Bertz CT molecular complexity index is 2030. The highest BCUT2D eigenvalue weighted by molar-refractivity contribution is 6.04. The van der Waals surface area contributed by atoms with Crippen LogP contribution in [0, 0.1) is 5.82 Å². The van der Waals surface area contributed by atoms with Crippen molar-refractivity contribution in [2.24, 2.45) is 0 Å². The number of hydrogen-bond donors (Lipinski definition) is 5. The van der Waals surface area contributed by atoms with Gasteiger partial charge in [-0.1, -0.05) is 24.3 Å². The molecule has 1 aliphatic heterocycles. The molecule has 51 heavy (non-hydrogen) atoms. The zero-order chi connectivity index (χ0) is 35.5. The number of benzene rings is 3. The Morgan fingerprint density at radius 1 is 0.882 bits per heavy atom. The van der Waals surface area contributed by atoms with E-state index in [1.165, 1.54) is 0 Å². The van der Waals surface area contributed by atoms with Crippen molar-refractivity contribution in [3.63, 3.8) is 0 Å². The number of ether oxygens (including phenoxy) is 1. The SMILES string of the molecule is C[C@@H]1CN(Cc2cc(-c3cccc(Oc4ncc(F)cc4C(=O)NC4CCC(NC(=O)c5cccc6[nH]cnc56)CC4)c3)ccc2O)C[C@H](C)N1. The minimum Gasteiger partial charge on any atom is -0.508 e. The fraction of sp³-hybridized carbons (Fsp3) is 0.333. The molecule has 0 unspecified atom stereocenters. The smallest absolute Gasteiger partial charge is 0.257 e. The van der Waals surface area contributed by atoms with E-state index >= 15 is 0 Å². The minimum atomic E-state index is -0.649. The Kier molecular flexibility index (Phi) is 9.96. The summed E-state index contributed by atoms with van der Waals surface area (Å²) in [5, 5.41) is 20.3. The van der Waals surface area contributed by atoms with Crippen LogP contribution < -0.4 is 20.7 Å². The van der Waals surface area contributed by atoms with E-state index in [9.17, 15) is 19.1 Å². The number of pyridine rings is 1. The monoisotopic (exact) mass is 691 g/mol. The van der Waals surface area contributed by atoms with Crippen LogP contribution in [0.25, 0.3) is 22.2 Å². The first-order valence-corrected chi connectivity index (χ1v) is 17.5. The third-order valence-electron chi connectivity index (χ3n) is 9.64. The van der Waals surface area contributed by atoms with Gasteiger partial charge in [0.1, 0.15) is 28.4 Å². The molecule has 264 valence electrons. The minimum absolute atomic E-state index is 0.00526. The van der Waals surface area contributed by atoms with Crippen molar-refractivity contribution in [1.29, 1.82) is 0 Å². The molecule has 0 radical (unpaired) electrons. The summed E-state index contributed by atoms with van der Waals surface area (Å²) in [6.07, 6.45) is 5.24. The Labute approximate surface area is 295 Å². The highest BCUT2D eigenvalue weighted by Crippen LogP contribution is 2.32. The second kappa shape index (κ2) is 14.9. The lowest BCUT2D eigenvalue weighted by molar-refractivity contribution is 0.0890. The zero-order valence-electron chi connectivity index (χ0n) is 28.7. The number of para-hydroxylation sites is 1. The van der Waals surface area contributed by atoms with Gasteiger partial charge in [0.25, 0.3) is 11.8 Å². The molecule has 2 fully saturated rings. The van der Waals surface area contributed by atoms with Crippen LogP contribution in [0.3, 0.4) is 0 Å². The van der Waals surface area contributed by atoms with Gasteiger partial charge in [0.2, 0.25) is 5.88 Å². The van der Waals surface area contributed by atoms with Gasteiger partial charge in [-0.3, -0.25) is 14.5 Å². The van der Waals surface area contributed by atoms with Gasteiger partial charge in [-0.2, -0.15) is 0 Å². The van der Waals surface area contributed by atoms with E-state index in [2.05, 4.69) is 49.6 Å². The number of aromatic hydroxyl groups is 1. The number of piperazine rings is 1. The summed E-state index contributed by atoms with van der Waals surface area (Å²) in [4.78, 5) is 40.2. The van der Waals surface area contributed by atoms with E-state index in [0.717, 1.165) is 47.6 Å². The van der Waals surface area contributed by atoms with Crippen LogP contribution in [-0.2, 0) is 6.54 Å². The number of phenolic OH excluding ortho intramolecular Hbond substituents is 1. The molecular formula is C39H42FN7O4. The summed E-state index contributed by atoms with van der Waals surface area (Å²) >= 11 is 0. The first-order chi connectivity index (χ1) is 24.7. The number of hydrogen-bond acceptors (Lipinski definition) is 8. The number of phenols is 1. The molecule has 2 amide bonds. The molecule has 11 nitrogen and oxygen atoms in total. The maximum Gasteiger partial charge on any atom is 0.257 e. The fourth-order valence-electron chi connectivity index (χ4n) is 7.28. The standard InChI is InChI=1S/C39H42FN7O4/c1-23-19-47(20-24(2)44-23)21-27-15-26(9-14-35(27)48)25-5-3-6-31(16-25)51-39-33(17-28(40)18-41-39)38(50)46-30-12-10-29(11-13-30)45-37(49)32-7-4-8-34-36(32)43-22-42-34/h3-9,14-18,22-24,29-30,44,48H,10-13,19-21H2,1-2H3,(H,42,43)(H,45,49)(H,46,50)/t23-,24+,29?,30?. The average Bonchev–Trinajstić information content (AvgIpc) is 3.60. The summed E-state index contributed by atoms with van der Waals surface area (Å²) in [5.41, 5.74) is 4.53. The summed E-state index contributed by atoms with van der Waals surface area (Å²) < 4.78 is 20.5. The van der Waals surface area contributed by atoms with E-state index < -0.39 is 11.7 Å². The van der Waals surface area contributed by atoms with Gasteiger partial charge in [-0.15, -0.1) is 0 Å². The molecule has 1 saturated heterocycles. The normalized spacial score (nSPS) is 20.9. The van der Waals surface area contributed by atoms with Crippen LogP contribution in [-0.4, -0.2) is 74.0 Å². The first-order valence-electron chi connectivity index (χ1n) is 17.5.